The number of amides is 1. The number of hydrogen-bond donors (Lipinski definition) is 2. The fraction of sp³-hybridized carbons (Fsp3) is 0.625. The lowest BCUT2D eigenvalue weighted by Gasteiger charge is -2.43. The summed E-state index contributed by atoms with van der Waals surface area (Å²) >= 11 is 0. The maximum absolute atomic E-state index is 13.0. The van der Waals surface area contributed by atoms with Gasteiger partial charge < -0.3 is 24.5 Å². The molecule has 1 aliphatic carbocycles. The molecule has 2 unspecified atom stereocenters. The van der Waals surface area contributed by atoms with Crippen LogP contribution in [-0.4, -0.2) is 56.8 Å². The van der Waals surface area contributed by atoms with Gasteiger partial charge in [0.1, 0.15) is 29.8 Å². The van der Waals surface area contributed by atoms with Gasteiger partial charge in [0, 0.05) is 17.3 Å². The van der Waals surface area contributed by atoms with Gasteiger partial charge >= 0.3 is 0 Å². The second kappa shape index (κ2) is 9.75. The number of nitrogens with zero attached hydrogens (tertiary/aromatic N) is 3. The van der Waals surface area contributed by atoms with E-state index >= 15 is 0 Å². The van der Waals surface area contributed by atoms with Gasteiger partial charge in [-0.2, -0.15) is 5.26 Å². The lowest BCUT2D eigenvalue weighted by molar-refractivity contribution is -0.243. The lowest BCUT2D eigenvalue weighted by Crippen LogP contribution is -2.48. The Morgan fingerprint density at radius 1 is 1.12 bits per heavy atom. The first-order valence-electron chi connectivity index (χ1n) is 14.7. The highest BCUT2D eigenvalue weighted by molar-refractivity contribution is 5.98. The molecule has 3 saturated heterocycles. The van der Waals surface area contributed by atoms with Gasteiger partial charge in [-0.25, -0.2) is 4.98 Å². The first kappa shape index (κ1) is 28.1. The summed E-state index contributed by atoms with van der Waals surface area (Å²) in [7, 11) is 0. The largest absolute Gasteiger partial charge is 0.363 e. The Morgan fingerprint density at radius 3 is 2.44 bits per heavy atom. The van der Waals surface area contributed by atoms with Crippen LogP contribution in [-0.2, 0) is 25.4 Å². The van der Waals surface area contributed by atoms with Crippen LogP contribution in [0.1, 0.15) is 85.2 Å². The van der Waals surface area contributed by atoms with Gasteiger partial charge in [0.05, 0.1) is 29.9 Å². The highest BCUT2D eigenvalue weighted by Crippen LogP contribution is 2.57. The summed E-state index contributed by atoms with van der Waals surface area (Å²) in [4.78, 5) is 25.3. The highest BCUT2D eigenvalue weighted by atomic mass is 16.8. The number of H-pyrrole nitrogens is 1. The summed E-state index contributed by atoms with van der Waals surface area (Å²) in [5.74, 6) is -0.200. The lowest BCUT2D eigenvalue weighted by atomic mass is 9.77. The van der Waals surface area contributed by atoms with Crippen LogP contribution in [0.25, 0.3) is 0 Å². The Bertz CT molecular complexity index is 1380. The van der Waals surface area contributed by atoms with Crippen LogP contribution in [0.15, 0.2) is 46.8 Å². The van der Waals surface area contributed by atoms with E-state index in [2.05, 4.69) is 61.2 Å². The van der Waals surface area contributed by atoms with Gasteiger partial charge in [-0.15, -0.1) is 0 Å². The molecule has 2 N–H and O–H groups in total. The minimum Gasteiger partial charge on any atom is -0.363 e. The molecule has 3 fully saturated rings. The second-order valence-corrected chi connectivity index (χ2v) is 14.0. The molecular formula is C32H41N5O4. The molecule has 1 aromatic rings. The van der Waals surface area contributed by atoms with E-state index in [1.165, 1.54) is 11.8 Å². The van der Waals surface area contributed by atoms with Gasteiger partial charge in [-0.05, 0) is 89.0 Å². The fourth-order valence-corrected chi connectivity index (χ4v) is 7.26. The topological polar surface area (TPSA) is 122 Å². The molecule has 4 aliphatic heterocycles. The van der Waals surface area contributed by atoms with Crippen LogP contribution in [0.5, 0.6) is 0 Å². The molecule has 1 amide bonds. The van der Waals surface area contributed by atoms with Gasteiger partial charge in [-0.3, -0.25) is 9.79 Å². The molecule has 218 valence electrons. The van der Waals surface area contributed by atoms with Crippen molar-refractivity contribution in [1.82, 2.24) is 15.3 Å². The van der Waals surface area contributed by atoms with Crippen LogP contribution in [0.4, 0.5) is 0 Å². The number of nitrogens with one attached hydrogen (secondary N) is 2. The molecule has 0 spiro atoms. The number of aliphatic imine (C=N–C) groups is 1. The van der Waals surface area contributed by atoms with E-state index in [1.54, 1.807) is 0 Å². The summed E-state index contributed by atoms with van der Waals surface area (Å²) in [5, 5.41) is 12.1. The Kier molecular flexibility index (Phi) is 6.68. The molecule has 0 saturated carbocycles. The number of fused-ring (bicyclic) bond motifs is 5. The minimum absolute atomic E-state index is 0.0535. The quantitative estimate of drug-likeness (QED) is 0.499. The standard InChI is InChI=1S/C32H41N5O4/c1-29(2)11-9-19(10-12-29)24-13-21(36-26(38)14-25-34-18-22(17-33)35-25)7-8-23(37-24)20-15-31(5)27-28(32(6,16-20)41-31)40-30(3,4)39-27/h7-9,13,18,20,24,27-28H,10-12,14-16H2,1-6H3,(H,34,35)(H,36,38)/t20?,24?,27-,28+,31+,32-. The number of carbonyl (C=O) groups is 1. The van der Waals surface area contributed by atoms with Crippen LogP contribution < -0.4 is 5.32 Å². The van der Waals surface area contributed by atoms with Crippen molar-refractivity contribution in [2.75, 3.05) is 0 Å². The Morgan fingerprint density at radius 2 is 1.83 bits per heavy atom. The van der Waals surface area contributed by atoms with Gasteiger partial charge in [0.15, 0.2) is 5.79 Å². The monoisotopic (exact) mass is 559 g/mol. The van der Waals surface area contributed by atoms with E-state index in [-0.39, 0.29) is 41.9 Å². The van der Waals surface area contributed by atoms with E-state index in [9.17, 15) is 4.79 Å². The summed E-state index contributed by atoms with van der Waals surface area (Å²) in [5.41, 5.74) is 2.69. The number of imidazole rings is 1. The van der Waals surface area contributed by atoms with Crippen molar-refractivity contribution >= 4 is 11.6 Å². The normalized spacial score (nSPS) is 36.9. The molecule has 1 aromatic heterocycles. The Hall–Kier alpha value is -3.06. The zero-order valence-corrected chi connectivity index (χ0v) is 24.9. The van der Waals surface area contributed by atoms with E-state index < -0.39 is 17.0 Å². The van der Waals surface area contributed by atoms with Gasteiger partial charge in [0.25, 0.3) is 0 Å². The van der Waals surface area contributed by atoms with E-state index in [0.29, 0.717) is 17.2 Å². The molecule has 9 heteroatoms. The van der Waals surface area contributed by atoms with E-state index in [4.69, 9.17) is 24.5 Å². The highest BCUT2D eigenvalue weighted by Gasteiger charge is 2.68. The maximum Gasteiger partial charge on any atom is 0.231 e. The number of hydrogen-bond acceptors (Lipinski definition) is 7. The van der Waals surface area contributed by atoms with Crippen LogP contribution in [0.2, 0.25) is 0 Å². The predicted octanol–water partition coefficient (Wildman–Crippen LogP) is 4.82. The number of allylic oxidation sites excluding steroid dienone is 3. The van der Waals surface area contributed by atoms with Crippen molar-refractivity contribution in [3.8, 4) is 6.07 Å². The number of aromatic nitrogens is 2. The SMILES string of the molecule is CC1(C)CC=C(C2C=C(NC(=O)Cc3ncc(C#N)[nH]3)C=CC(C3C[C@@]4(C)O[C@@](C)(C3)[C@@H]3OC(C)(C)O[C@@H]34)=N2)CC1. The summed E-state index contributed by atoms with van der Waals surface area (Å²) in [6.07, 6.45) is 14.3. The smallest absolute Gasteiger partial charge is 0.231 e. The average molecular weight is 560 g/mol. The number of nitriles is 1. The molecule has 6 rings (SSSR count). The number of aromatic amines is 1. The fourth-order valence-electron chi connectivity index (χ4n) is 7.26. The molecule has 0 radical (unpaired) electrons. The van der Waals surface area contributed by atoms with E-state index in [0.717, 1.165) is 37.8 Å². The molecule has 5 heterocycles. The second-order valence-electron chi connectivity index (χ2n) is 14.0. The van der Waals surface area contributed by atoms with E-state index in [1.807, 2.05) is 26.0 Å². The maximum atomic E-state index is 13.0. The number of carbonyl (C=O) groups excluding carboxylic acids is 1. The molecule has 5 aliphatic rings. The molecule has 6 atom stereocenters. The number of rotatable bonds is 5. The third-order valence-corrected chi connectivity index (χ3v) is 9.30. The van der Waals surface area contributed by atoms with Crippen LogP contribution in [0, 0.1) is 22.7 Å². The van der Waals surface area contributed by atoms with Crippen molar-refractivity contribution in [2.24, 2.45) is 16.3 Å². The predicted molar refractivity (Wildman–Crippen MR) is 154 cm³/mol. The zero-order valence-electron chi connectivity index (χ0n) is 24.9. The van der Waals surface area contributed by atoms with Crippen molar-refractivity contribution < 1.29 is 19.0 Å². The third kappa shape index (κ3) is 5.45. The average Bonchev–Trinajstić information content (AvgIpc) is 3.45. The Labute approximate surface area is 242 Å². The zero-order chi connectivity index (χ0) is 29.2. The summed E-state index contributed by atoms with van der Waals surface area (Å²) < 4.78 is 19.4. The van der Waals surface area contributed by atoms with Crippen molar-refractivity contribution in [2.45, 2.75) is 115 Å². The first-order valence-corrected chi connectivity index (χ1v) is 14.7. The van der Waals surface area contributed by atoms with Crippen LogP contribution in [0.3, 0.4) is 0 Å². The van der Waals surface area contributed by atoms with Gasteiger partial charge in [-0.1, -0.05) is 19.9 Å². The molecule has 41 heavy (non-hydrogen) atoms. The molecule has 9 nitrogen and oxygen atoms in total. The van der Waals surface area contributed by atoms with Crippen molar-refractivity contribution in [1.29, 1.82) is 5.26 Å². The minimum atomic E-state index is -0.622. The first-order chi connectivity index (χ1) is 19.3. The number of ether oxygens (including phenoxy) is 3. The third-order valence-electron chi connectivity index (χ3n) is 9.30. The molecule has 2 bridgehead atoms. The Balaban J connectivity index is 1.26. The van der Waals surface area contributed by atoms with Crippen LogP contribution >= 0.6 is 0 Å². The van der Waals surface area contributed by atoms with Crippen molar-refractivity contribution in [3.05, 3.63) is 53.3 Å². The summed E-state index contributed by atoms with van der Waals surface area (Å²) in [6.45, 7) is 12.9. The summed E-state index contributed by atoms with van der Waals surface area (Å²) in [6, 6.07) is 1.85. The van der Waals surface area contributed by atoms with Crippen molar-refractivity contribution in [3.63, 3.8) is 0 Å². The van der Waals surface area contributed by atoms with Gasteiger partial charge in [0.2, 0.25) is 5.91 Å². The molecule has 0 aromatic carbocycles. The molecular weight excluding hydrogens is 518 g/mol.